The highest BCUT2D eigenvalue weighted by molar-refractivity contribution is 5.82. The zero-order valence-corrected chi connectivity index (χ0v) is 10.5. The predicted octanol–water partition coefficient (Wildman–Crippen LogP) is 0.333. The van der Waals surface area contributed by atoms with Crippen LogP contribution in [0.4, 0.5) is 0 Å². The van der Waals surface area contributed by atoms with Gasteiger partial charge in [0.2, 0.25) is 0 Å². The van der Waals surface area contributed by atoms with Crippen molar-refractivity contribution in [2.75, 3.05) is 34.0 Å². The Morgan fingerprint density at radius 3 is 2.71 bits per heavy atom. The van der Waals surface area contributed by atoms with Gasteiger partial charge in [0.1, 0.15) is 5.54 Å². The summed E-state index contributed by atoms with van der Waals surface area (Å²) >= 11 is 0. The van der Waals surface area contributed by atoms with Crippen LogP contribution in [0.1, 0.15) is 19.3 Å². The second-order valence-electron chi connectivity index (χ2n) is 4.78. The molecule has 0 spiro atoms. The van der Waals surface area contributed by atoms with E-state index in [1.165, 1.54) is 7.11 Å². The van der Waals surface area contributed by atoms with Crippen LogP contribution in [0, 0.1) is 5.92 Å². The first-order chi connectivity index (χ1) is 8.23. The zero-order chi connectivity index (χ0) is 12.3. The van der Waals surface area contributed by atoms with E-state index in [2.05, 4.69) is 5.32 Å². The van der Waals surface area contributed by atoms with E-state index < -0.39 is 5.54 Å². The largest absolute Gasteiger partial charge is 0.468 e. The predicted molar refractivity (Wildman–Crippen MR) is 61.7 cm³/mol. The van der Waals surface area contributed by atoms with Crippen LogP contribution in [-0.2, 0) is 19.0 Å². The third-order valence-corrected chi connectivity index (χ3v) is 3.70. The summed E-state index contributed by atoms with van der Waals surface area (Å²) in [5.41, 5.74) is -0.669. The third-order valence-electron chi connectivity index (χ3n) is 3.70. The Morgan fingerprint density at radius 1 is 1.47 bits per heavy atom. The molecule has 5 nitrogen and oxygen atoms in total. The lowest BCUT2D eigenvalue weighted by molar-refractivity contribution is -0.153. The van der Waals surface area contributed by atoms with Crippen LogP contribution in [-0.4, -0.2) is 51.6 Å². The van der Waals surface area contributed by atoms with Crippen LogP contribution >= 0.6 is 0 Å². The normalized spacial score (nSPS) is 27.8. The summed E-state index contributed by atoms with van der Waals surface area (Å²) in [6.07, 6.45) is 3.14. The Kier molecular flexibility index (Phi) is 4.01. The molecule has 0 bridgehead atoms. The molecule has 1 saturated carbocycles. The van der Waals surface area contributed by atoms with Gasteiger partial charge >= 0.3 is 5.97 Å². The van der Waals surface area contributed by atoms with Crippen molar-refractivity contribution >= 4 is 5.97 Å². The molecule has 2 fully saturated rings. The van der Waals surface area contributed by atoms with E-state index in [4.69, 9.17) is 14.2 Å². The minimum Gasteiger partial charge on any atom is -0.468 e. The molecule has 0 aromatic carbocycles. The third kappa shape index (κ3) is 2.61. The van der Waals surface area contributed by atoms with Crippen LogP contribution in [0.5, 0.6) is 0 Å². The van der Waals surface area contributed by atoms with Crippen molar-refractivity contribution in [1.82, 2.24) is 5.32 Å². The number of esters is 1. The molecule has 2 atom stereocenters. The number of hydrogen-bond donors (Lipinski definition) is 1. The highest BCUT2D eigenvalue weighted by Crippen LogP contribution is 2.40. The van der Waals surface area contributed by atoms with E-state index in [9.17, 15) is 4.79 Å². The molecule has 0 aromatic rings. The Bertz CT molecular complexity index is 274. The Balaban J connectivity index is 1.96. The summed E-state index contributed by atoms with van der Waals surface area (Å²) in [6.45, 7) is 1.75. The van der Waals surface area contributed by atoms with Crippen molar-refractivity contribution in [2.24, 2.45) is 5.92 Å². The van der Waals surface area contributed by atoms with Gasteiger partial charge in [-0.25, -0.2) is 4.79 Å². The summed E-state index contributed by atoms with van der Waals surface area (Å²) in [5, 5.41) is 3.11. The van der Waals surface area contributed by atoms with Crippen molar-refractivity contribution in [3.05, 3.63) is 0 Å². The standard InChI is InChI=1S/C12H21NO4/c1-13-12(9-3-4-9,11(14)15-2)8-17-10-5-6-16-7-10/h9-10,13H,3-8H2,1-2H3. The molecule has 1 heterocycles. The molecule has 17 heavy (non-hydrogen) atoms. The number of carbonyl (C=O) groups is 1. The first kappa shape index (κ1) is 12.8. The van der Waals surface area contributed by atoms with Gasteiger partial charge < -0.3 is 19.5 Å². The number of methoxy groups -OCH3 is 1. The summed E-state index contributed by atoms with van der Waals surface area (Å²) in [4.78, 5) is 12.0. The van der Waals surface area contributed by atoms with Gasteiger partial charge in [-0.15, -0.1) is 0 Å². The fraction of sp³-hybridized carbons (Fsp3) is 0.917. The van der Waals surface area contributed by atoms with Crippen molar-refractivity contribution in [2.45, 2.75) is 30.9 Å². The van der Waals surface area contributed by atoms with E-state index >= 15 is 0 Å². The van der Waals surface area contributed by atoms with E-state index in [-0.39, 0.29) is 12.1 Å². The summed E-state index contributed by atoms with van der Waals surface area (Å²) in [7, 11) is 3.22. The number of likely N-dealkylation sites (N-methyl/N-ethyl adjacent to an activating group) is 1. The molecule has 0 aromatic heterocycles. The fourth-order valence-corrected chi connectivity index (χ4v) is 2.37. The van der Waals surface area contributed by atoms with E-state index in [0.29, 0.717) is 19.1 Å². The monoisotopic (exact) mass is 243 g/mol. The minimum atomic E-state index is -0.669. The average molecular weight is 243 g/mol. The second-order valence-corrected chi connectivity index (χ2v) is 4.78. The zero-order valence-electron chi connectivity index (χ0n) is 10.5. The number of carbonyl (C=O) groups excluding carboxylic acids is 1. The molecule has 2 rings (SSSR count). The molecule has 5 heteroatoms. The molecule has 1 aliphatic heterocycles. The second kappa shape index (κ2) is 5.33. The Morgan fingerprint density at radius 2 is 2.24 bits per heavy atom. The smallest absolute Gasteiger partial charge is 0.328 e. The van der Waals surface area contributed by atoms with Gasteiger partial charge in [-0.1, -0.05) is 0 Å². The highest BCUT2D eigenvalue weighted by atomic mass is 16.6. The van der Waals surface area contributed by atoms with Gasteiger partial charge in [0.05, 0.1) is 26.4 Å². The van der Waals surface area contributed by atoms with Crippen LogP contribution < -0.4 is 5.32 Å². The number of rotatable bonds is 6. The number of ether oxygens (including phenoxy) is 3. The van der Waals surface area contributed by atoms with Crippen molar-refractivity contribution in [1.29, 1.82) is 0 Å². The van der Waals surface area contributed by atoms with Crippen molar-refractivity contribution in [3.8, 4) is 0 Å². The van der Waals surface area contributed by atoms with Crippen LogP contribution in [0.2, 0.25) is 0 Å². The first-order valence-corrected chi connectivity index (χ1v) is 6.19. The quantitative estimate of drug-likeness (QED) is 0.681. The van der Waals surface area contributed by atoms with Gasteiger partial charge in [-0.3, -0.25) is 0 Å². The maximum Gasteiger partial charge on any atom is 0.328 e. The molecule has 0 radical (unpaired) electrons. The van der Waals surface area contributed by atoms with Gasteiger partial charge in [0.15, 0.2) is 0 Å². The van der Waals surface area contributed by atoms with Crippen molar-refractivity contribution in [3.63, 3.8) is 0 Å². The molecular weight excluding hydrogens is 222 g/mol. The molecule has 1 aliphatic carbocycles. The summed E-state index contributed by atoms with van der Waals surface area (Å²) in [6, 6.07) is 0. The maximum atomic E-state index is 12.0. The molecular formula is C12H21NO4. The first-order valence-electron chi connectivity index (χ1n) is 6.19. The molecule has 98 valence electrons. The lowest BCUT2D eigenvalue weighted by atomic mass is 9.94. The maximum absolute atomic E-state index is 12.0. The fourth-order valence-electron chi connectivity index (χ4n) is 2.37. The van der Waals surface area contributed by atoms with Gasteiger partial charge in [0.25, 0.3) is 0 Å². The molecule has 2 aliphatic rings. The highest BCUT2D eigenvalue weighted by Gasteiger charge is 2.51. The summed E-state index contributed by atoms with van der Waals surface area (Å²) < 4.78 is 16.0. The van der Waals surface area contributed by atoms with Crippen LogP contribution in [0.15, 0.2) is 0 Å². The SMILES string of the molecule is CNC(COC1CCOC1)(C(=O)OC)C1CC1. The molecule has 1 saturated heterocycles. The van der Waals surface area contributed by atoms with Crippen LogP contribution in [0.3, 0.4) is 0 Å². The van der Waals surface area contributed by atoms with Gasteiger partial charge in [0, 0.05) is 6.61 Å². The Hall–Kier alpha value is -0.650. The molecule has 0 amide bonds. The average Bonchev–Trinajstić information content (AvgIpc) is 3.07. The minimum absolute atomic E-state index is 0.117. The molecule has 2 unspecified atom stereocenters. The lowest BCUT2D eigenvalue weighted by Gasteiger charge is -2.31. The van der Waals surface area contributed by atoms with Crippen molar-refractivity contribution < 1.29 is 19.0 Å². The van der Waals surface area contributed by atoms with E-state index in [1.54, 1.807) is 7.05 Å². The van der Waals surface area contributed by atoms with E-state index in [1.807, 2.05) is 0 Å². The van der Waals surface area contributed by atoms with Crippen LogP contribution in [0.25, 0.3) is 0 Å². The van der Waals surface area contributed by atoms with E-state index in [0.717, 1.165) is 25.9 Å². The summed E-state index contributed by atoms with van der Waals surface area (Å²) in [5.74, 6) is 0.115. The lowest BCUT2D eigenvalue weighted by Crippen LogP contribution is -2.57. The number of hydrogen-bond acceptors (Lipinski definition) is 5. The Labute approximate surface area is 102 Å². The van der Waals surface area contributed by atoms with Gasteiger partial charge in [-0.2, -0.15) is 0 Å². The molecule has 1 N–H and O–H groups in total. The topological polar surface area (TPSA) is 56.8 Å². The van der Waals surface area contributed by atoms with Gasteiger partial charge in [-0.05, 0) is 32.2 Å². The number of nitrogens with one attached hydrogen (secondary N) is 1.